The van der Waals surface area contributed by atoms with Gasteiger partial charge >= 0.3 is 12.1 Å². The molecule has 1 saturated heterocycles. The molecule has 0 aromatic carbocycles. The van der Waals surface area contributed by atoms with Crippen LogP contribution in [0.15, 0.2) is 12.7 Å². The third-order valence-electron chi connectivity index (χ3n) is 2.37. The lowest BCUT2D eigenvalue weighted by molar-refractivity contribution is -0.144. The lowest BCUT2D eigenvalue weighted by Crippen LogP contribution is -2.51. The maximum Gasteiger partial charge on any atom is 0.410 e. The van der Waals surface area contributed by atoms with Gasteiger partial charge in [0.2, 0.25) is 0 Å². The second kappa shape index (κ2) is 5.48. The van der Waals surface area contributed by atoms with E-state index in [1.54, 1.807) is 0 Å². The Morgan fingerprint density at radius 1 is 1.56 bits per heavy atom. The Morgan fingerprint density at radius 3 is 2.81 bits per heavy atom. The molecule has 0 aromatic heterocycles. The van der Waals surface area contributed by atoms with Gasteiger partial charge in [0, 0.05) is 0 Å². The molecule has 5 nitrogen and oxygen atoms in total. The number of carbonyl (C=O) groups excluding carboxylic acids is 1. The predicted molar refractivity (Wildman–Crippen MR) is 53.8 cm³/mol. The lowest BCUT2D eigenvalue weighted by Gasteiger charge is -2.33. The number of rotatable bonds is 3. The fourth-order valence-electron chi connectivity index (χ4n) is 1.60. The Bertz CT molecular complexity index is 295. The smallest absolute Gasteiger partial charge is 0.410 e. The first-order valence-corrected chi connectivity index (χ1v) is 4.97. The molecule has 6 heteroatoms. The zero-order valence-electron chi connectivity index (χ0n) is 8.76. The summed E-state index contributed by atoms with van der Waals surface area (Å²) in [6.07, 6.45) is -0.367. The fourth-order valence-corrected chi connectivity index (χ4v) is 1.60. The second-order valence-electron chi connectivity index (χ2n) is 3.55. The average molecular weight is 231 g/mol. The number of hydrogen-bond acceptors (Lipinski definition) is 3. The number of likely N-dealkylation sites (tertiary alicyclic amines) is 1. The predicted octanol–water partition coefficient (Wildman–Crippen LogP) is 1.20. The quantitative estimate of drug-likeness (QED) is 0.741. The number of hydrogen-bond donors (Lipinski definition) is 1. The van der Waals surface area contributed by atoms with E-state index in [9.17, 15) is 14.0 Å². The summed E-state index contributed by atoms with van der Waals surface area (Å²) in [4.78, 5) is 23.2. The molecule has 1 amide bonds. The lowest BCUT2D eigenvalue weighted by atomic mass is 10.0. The molecule has 0 radical (unpaired) electrons. The highest BCUT2D eigenvalue weighted by molar-refractivity contribution is 5.80. The Labute approximate surface area is 92.5 Å². The highest BCUT2D eigenvalue weighted by atomic mass is 19.1. The van der Waals surface area contributed by atoms with Crippen molar-refractivity contribution in [2.24, 2.45) is 0 Å². The van der Waals surface area contributed by atoms with Gasteiger partial charge in [-0.05, 0) is 12.8 Å². The average Bonchev–Trinajstić information content (AvgIpc) is 2.25. The normalized spacial score (nSPS) is 24.9. The van der Waals surface area contributed by atoms with Gasteiger partial charge < -0.3 is 9.84 Å². The fraction of sp³-hybridized carbons (Fsp3) is 0.600. The van der Waals surface area contributed by atoms with E-state index in [0.717, 1.165) is 4.90 Å². The molecule has 0 unspecified atom stereocenters. The van der Waals surface area contributed by atoms with Crippen LogP contribution in [0, 0.1) is 0 Å². The topological polar surface area (TPSA) is 66.8 Å². The van der Waals surface area contributed by atoms with Crippen molar-refractivity contribution in [2.75, 3.05) is 13.2 Å². The molecule has 1 N–H and O–H groups in total. The minimum Gasteiger partial charge on any atom is -0.480 e. The van der Waals surface area contributed by atoms with Crippen LogP contribution in [0.2, 0.25) is 0 Å². The number of amides is 1. The molecule has 16 heavy (non-hydrogen) atoms. The second-order valence-corrected chi connectivity index (χ2v) is 3.55. The number of carboxylic acid groups (broad SMARTS) is 1. The zero-order chi connectivity index (χ0) is 12.1. The number of ether oxygens (including phenoxy) is 1. The molecule has 2 atom stereocenters. The van der Waals surface area contributed by atoms with E-state index in [2.05, 4.69) is 6.58 Å². The van der Waals surface area contributed by atoms with Crippen LogP contribution in [-0.4, -0.2) is 47.4 Å². The van der Waals surface area contributed by atoms with Crippen molar-refractivity contribution < 1.29 is 23.8 Å². The van der Waals surface area contributed by atoms with E-state index in [1.807, 2.05) is 0 Å². The van der Waals surface area contributed by atoms with Gasteiger partial charge in [0.1, 0.15) is 18.8 Å². The van der Waals surface area contributed by atoms with E-state index in [1.165, 1.54) is 6.08 Å². The largest absolute Gasteiger partial charge is 0.480 e. The van der Waals surface area contributed by atoms with Crippen molar-refractivity contribution in [3.05, 3.63) is 12.7 Å². The van der Waals surface area contributed by atoms with E-state index in [-0.39, 0.29) is 26.0 Å². The van der Waals surface area contributed by atoms with Crippen LogP contribution in [0.1, 0.15) is 12.8 Å². The number of carboxylic acids is 1. The molecule has 0 spiro atoms. The minimum atomic E-state index is -1.19. The summed E-state index contributed by atoms with van der Waals surface area (Å²) in [6.45, 7) is 3.12. The molecule has 1 rings (SSSR count). The summed E-state index contributed by atoms with van der Waals surface area (Å²) in [6, 6.07) is -0.996. The first kappa shape index (κ1) is 12.5. The maximum absolute atomic E-state index is 13.1. The first-order chi connectivity index (χ1) is 7.56. The molecule has 1 aliphatic heterocycles. The number of carbonyl (C=O) groups is 2. The maximum atomic E-state index is 13.1. The van der Waals surface area contributed by atoms with E-state index >= 15 is 0 Å². The Balaban J connectivity index is 2.66. The van der Waals surface area contributed by atoms with Gasteiger partial charge in [0.15, 0.2) is 0 Å². The van der Waals surface area contributed by atoms with Crippen molar-refractivity contribution in [2.45, 2.75) is 25.1 Å². The van der Waals surface area contributed by atoms with Gasteiger partial charge in [0.25, 0.3) is 0 Å². The molecule has 1 fully saturated rings. The van der Waals surface area contributed by atoms with Crippen molar-refractivity contribution in [3.8, 4) is 0 Å². The van der Waals surface area contributed by atoms with Crippen LogP contribution in [0.3, 0.4) is 0 Å². The first-order valence-electron chi connectivity index (χ1n) is 4.97. The molecule has 0 aliphatic carbocycles. The molecule has 1 heterocycles. The monoisotopic (exact) mass is 231 g/mol. The van der Waals surface area contributed by atoms with Gasteiger partial charge in [0.05, 0.1) is 6.54 Å². The Morgan fingerprint density at radius 2 is 2.25 bits per heavy atom. The molecule has 1 aliphatic rings. The molecule has 0 bridgehead atoms. The molecular formula is C10H14FNO4. The van der Waals surface area contributed by atoms with Crippen LogP contribution >= 0.6 is 0 Å². The van der Waals surface area contributed by atoms with Crippen LogP contribution in [0.25, 0.3) is 0 Å². The van der Waals surface area contributed by atoms with Crippen LogP contribution in [0.5, 0.6) is 0 Å². The minimum absolute atomic E-state index is 0.0153. The molecule has 0 aromatic rings. The number of alkyl halides is 1. The van der Waals surface area contributed by atoms with Crippen LogP contribution in [0.4, 0.5) is 9.18 Å². The van der Waals surface area contributed by atoms with Gasteiger partial charge in [-0.15, -0.1) is 0 Å². The van der Waals surface area contributed by atoms with Crippen LogP contribution < -0.4 is 0 Å². The summed E-state index contributed by atoms with van der Waals surface area (Å²) in [5.74, 6) is -1.14. The van der Waals surface area contributed by atoms with Crippen LogP contribution in [-0.2, 0) is 9.53 Å². The van der Waals surface area contributed by atoms with Crippen molar-refractivity contribution in [1.82, 2.24) is 4.90 Å². The molecular weight excluding hydrogens is 217 g/mol. The number of piperidine rings is 1. The number of aliphatic carboxylic acids is 1. The Kier molecular flexibility index (Phi) is 4.28. The van der Waals surface area contributed by atoms with Crippen molar-refractivity contribution >= 4 is 12.1 Å². The summed E-state index contributed by atoms with van der Waals surface area (Å²) in [7, 11) is 0. The number of halogens is 1. The van der Waals surface area contributed by atoms with Gasteiger partial charge in [-0.1, -0.05) is 12.7 Å². The SMILES string of the molecule is C=CCOC(=O)N1C[C@H](F)CC[C@H]1C(=O)O. The van der Waals surface area contributed by atoms with E-state index < -0.39 is 24.3 Å². The van der Waals surface area contributed by atoms with Crippen molar-refractivity contribution in [3.63, 3.8) is 0 Å². The highest BCUT2D eigenvalue weighted by Crippen LogP contribution is 2.20. The summed E-state index contributed by atoms with van der Waals surface area (Å²) in [5.41, 5.74) is 0. The van der Waals surface area contributed by atoms with E-state index in [4.69, 9.17) is 9.84 Å². The highest BCUT2D eigenvalue weighted by Gasteiger charge is 2.36. The standard InChI is InChI=1S/C10H14FNO4/c1-2-5-16-10(15)12-6-7(11)3-4-8(12)9(13)14/h2,7-8H,1,3-6H2,(H,13,14)/t7-,8+/m1/s1. The number of nitrogens with zero attached hydrogens (tertiary/aromatic N) is 1. The summed E-state index contributed by atoms with van der Waals surface area (Å²) < 4.78 is 17.8. The third kappa shape index (κ3) is 2.95. The zero-order valence-corrected chi connectivity index (χ0v) is 8.76. The molecule has 90 valence electrons. The summed E-state index contributed by atoms with van der Waals surface area (Å²) >= 11 is 0. The Hall–Kier alpha value is -1.59. The summed E-state index contributed by atoms with van der Waals surface area (Å²) in [5, 5.41) is 8.88. The van der Waals surface area contributed by atoms with E-state index in [0.29, 0.717) is 0 Å². The van der Waals surface area contributed by atoms with Crippen molar-refractivity contribution in [1.29, 1.82) is 0 Å². The third-order valence-corrected chi connectivity index (χ3v) is 2.37. The van der Waals surface area contributed by atoms with Gasteiger partial charge in [-0.2, -0.15) is 0 Å². The van der Waals surface area contributed by atoms with Gasteiger partial charge in [-0.25, -0.2) is 14.0 Å². The van der Waals surface area contributed by atoms with Gasteiger partial charge in [-0.3, -0.25) is 4.90 Å². The molecule has 0 saturated carbocycles.